The van der Waals surface area contributed by atoms with E-state index < -0.39 is 33.9 Å². The Bertz CT molecular complexity index is 1300. The molecule has 0 aliphatic carbocycles. The number of nitrogens with one attached hydrogen (secondary N) is 2. The number of aromatic amines is 1. The number of aryl methyl sites for hydroxylation is 1. The molecule has 3 amide bonds. The Morgan fingerprint density at radius 1 is 1.25 bits per heavy atom. The number of halogens is 3. The Labute approximate surface area is 216 Å². The summed E-state index contributed by atoms with van der Waals surface area (Å²) >= 11 is 12.1. The van der Waals surface area contributed by atoms with Crippen LogP contribution >= 0.6 is 23.2 Å². The molecule has 0 atom stereocenters. The van der Waals surface area contributed by atoms with E-state index in [9.17, 15) is 27.2 Å². The average Bonchev–Trinajstić information content (AvgIpc) is 3.11. The van der Waals surface area contributed by atoms with Crippen molar-refractivity contribution in [2.45, 2.75) is 37.8 Å². The monoisotopic (exact) mass is 564 g/mol. The van der Waals surface area contributed by atoms with Gasteiger partial charge in [0.05, 0.1) is 22.9 Å². The topological polar surface area (TPSA) is 155 Å². The first-order valence-electron chi connectivity index (χ1n) is 10.7. The van der Waals surface area contributed by atoms with Crippen LogP contribution in [0, 0.1) is 6.92 Å². The second kappa shape index (κ2) is 11.1. The van der Waals surface area contributed by atoms with Crippen molar-refractivity contribution in [1.82, 2.24) is 25.3 Å². The van der Waals surface area contributed by atoms with Gasteiger partial charge < -0.3 is 9.88 Å². The highest BCUT2D eigenvalue weighted by Crippen LogP contribution is 2.31. The Morgan fingerprint density at radius 3 is 2.39 bits per heavy atom. The van der Waals surface area contributed by atoms with E-state index in [1.165, 1.54) is 14.0 Å². The van der Waals surface area contributed by atoms with Crippen LogP contribution in [0.2, 0.25) is 10.0 Å². The van der Waals surface area contributed by atoms with E-state index in [-0.39, 0.29) is 64.1 Å². The second-order valence-corrected chi connectivity index (χ2v) is 10.8. The zero-order valence-electron chi connectivity index (χ0n) is 19.5. The van der Waals surface area contributed by atoms with Gasteiger partial charge in [-0.3, -0.25) is 14.4 Å². The second-order valence-electron chi connectivity index (χ2n) is 7.83. The highest BCUT2D eigenvalue weighted by atomic mass is 35.5. The van der Waals surface area contributed by atoms with Crippen molar-refractivity contribution in [2.24, 2.45) is 0 Å². The predicted molar refractivity (Wildman–Crippen MR) is 128 cm³/mol. The fourth-order valence-electron chi connectivity index (χ4n) is 3.68. The van der Waals surface area contributed by atoms with Crippen LogP contribution in [-0.2, 0) is 14.7 Å². The molecule has 3 heterocycles. The molecule has 1 fully saturated rings. The van der Waals surface area contributed by atoms with Gasteiger partial charge in [-0.15, -0.1) is 4.39 Å². The highest BCUT2D eigenvalue weighted by Gasteiger charge is 2.36. The van der Waals surface area contributed by atoms with Gasteiger partial charge in [-0.1, -0.05) is 30.1 Å². The summed E-state index contributed by atoms with van der Waals surface area (Å²) in [5.74, 6) is -2.05. The van der Waals surface area contributed by atoms with Crippen molar-refractivity contribution in [3.8, 4) is 0 Å². The largest absolute Gasteiger partial charge is 0.407 e. The van der Waals surface area contributed by atoms with Gasteiger partial charge in [0.2, 0.25) is 5.95 Å². The number of sulfone groups is 1. The third-order valence-electron chi connectivity index (χ3n) is 5.61. The maximum absolute atomic E-state index is 14.0. The van der Waals surface area contributed by atoms with Crippen molar-refractivity contribution in [3.63, 3.8) is 0 Å². The van der Waals surface area contributed by atoms with Gasteiger partial charge in [0.15, 0.2) is 14.9 Å². The van der Waals surface area contributed by atoms with Crippen LogP contribution in [0.1, 0.15) is 46.4 Å². The maximum atomic E-state index is 14.0. The van der Waals surface area contributed by atoms with Gasteiger partial charge in [-0.2, -0.15) is 0 Å². The minimum atomic E-state index is -3.79. The van der Waals surface area contributed by atoms with Crippen LogP contribution in [0.4, 0.5) is 15.1 Å². The number of hydrogen-bond acceptors (Lipinski definition) is 9. The van der Waals surface area contributed by atoms with Crippen molar-refractivity contribution in [3.05, 3.63) is 33.2 Å². The number of imide groups is 1. The summed E-state index contributed by atoms with van der Waals surface area (Å²) in [5, 5.41) is -0.372. The minimum Gasteiger partial charge on any atom is -0.352 e. The number of hydrogen-bond donors (Lipinski definition) is 2. The molecule has 1 aliphatic heterocycles. The molecular formula is C20H23Cl2FN6O6S. The van der Waals surface area contributed by atoms with Crippen LogP contribution < -0.4 is 10.4 Å². The third kappa shape index (κ3) is 5.61. The van der Waals surface area contributed by atoms with E-state index in [2.05, 4.69) is 25.3 Å². The van der Waals surface area contributed by atoms with Crippen LogP contribution in [0.15, 0.2) is 11.1 Å². The fourth-order valence-corrected chi connectivity index (χ4v) is 4.89. The summed E-state index contributed by atoms with van der Waals surface area (Å²) in [5.41, 5.74) is 2.02. The molecule has 2 aromatic heterocycles. The summed E-state index contributed by atoms with van der Waals surface area (Å²) in [4.78, 5) is 54.5. The number of H-pyrrole nitrogens is 1. The first-order chi connectivity index (χ1) is 16.9. The van der Waals surface area contributed by atoms with Gasteiger partial charge in [0.1, 0.15) is 11.4 Å². The summed E-state index contributed by atoms with van der Waals surface area (Å²) in [6.07, 6.45) is -1.73. The number of hydroxylamine groups is 1. The first kappa shape index (κ1) is 27.8. The molecule has 0 unspecified atom stereocenters. The van der Waals surface area contributed by atoms with Crippen molar-refractivity contribution in [1.29, 1.82) is 0 Å². The summed E-state index contributed by atoms with van der Waals surface area (Å²) in [6.45, 7) is 3.25. The maximum Gasteiger partial charge on any atom is 0.407 e. The molecule has 0 saturated carbocycles. The van der Waals surface area contributed by atoms with Crippen molar-refractivity contribution >= 4 is 57.0 Å². The molecular weight excluding hydrogens is 542 g/mol. The van der Waals surface area contributed by atoms with Crippen LogP contribution in [0.5, 0.6) is 0 Å². The van der Waals surface area contributed by atoms with Gasteiger partial charge in [-0.05, 0) is 19.8 Å². The molecule has 196 valence electrons. The molecule has 1 saturated heterocycles. The number of anilines is 1. The van der Waals surface area contributed by atoms with Crippen LogP contribution in [-0.4, -0.2) is 78.2 Å². The van der Waals surface area contributed by atoms with Crippen molar-refractivity contribution in [2.75, 3.05) is 30.9 Å². The Morgan fingerprint density at radius 2 is 1.89 bits per heavy atom. The molecule has 16 heteroatoms. The van der Waals surface area contributed by atoms with E-state index in [4.69, 9.17) is 23.2 Å². The van der Waals surface area contributed by atoms with Gasteiger partial charge in [0.25, 0.3) is 11.8 Å². The number of aromatic nitrogens is 3. The molecule has 36 heavy (non-hydrogen) atoms. The summed E-state index contributed by atoms with van der Waals surface area (Å²) in [7, 11) is -2.57. The number of carbonyl (C=O) groups excluding carboxylic acids is 3. The SMILES string of the molecule is CCS(=O)(=O)c1cc(C(=O)NOC)nc(N2CCC(N(C(=O)F)C(=O)c3[nH]c(C)c(Cl)c3Cl)CC2)n1. The molecule has 0 aromatic carbocycles. The lowest BCUT2D eigenvalue weighted by molar-refractivity contribution is 0.0531. The number of piperidine rings is 1. The number of rotatable bonds is 7. The zero-order valence-corrected chi connectivity index (χ0v) is 21.8. The van der Waals surface area contributed by atoms with Crippen LogP contribution in [0.3, 0.4) is 0 Å². The fraction of sp³-hybridized carbons (Fsp3) is 0.450. The Kier molecular flexibility index (Phi) is 8.54. The molecule has 3 rings (SSSR count). The van der Waals surface area contributed by atoms with Crippen molar-refractivity contribution < 1.29 is 32.0 Å². The lowest BCUT2D eigenvalue weighted by Gasteiger charge is -2.36. The summed E-state index contributed by atoms with van der Waals surface area (Å²) < 4.78 is 38.9. The molecule has 2 aromatic rings. The van der Waals surface area contributed by atoms with Gasteiger partial charge >= 0.3 is 6.16 Å². The van der Waals surface area contributed by atoms with E-state index in [0.717, 1.165) is 6.07 Å². The van der Waals surface area contributed by atoms with Gasteiger partial charge in [-0.25, -0.2) is 33.6 Å². The number of nitrogens with zero attached hydrogens (tertiary/aromatic N) is 4. The predicted octanol–water partition coefficient (Wildman–Crippen LogP) is 2.71. The number of carbonyl (C=O) groups is 3. The van der Waals surface area contributed by atoms with E-state index >= 15 is 0 Å². The molecule has 1 aliphatic rings. The standard InChI is InChI=1S/C20H23Cl2FN6O6S/c1-4-36(33,34)13-9-12(17(30)27-35-3)25-20(26-13)28-7-5-11(6-8-28)29(19(23)32)18(31)16-15(22)14(21)10(2)24-16/h9,11,24H,4-8H2,1-3H3,(H,27,30). The zero-order chi connectivity index (χ0) is 26.8. The first-order valence-corrected chi connectivity index (χ1v) is 13.1. The molecule has 0 spiro atoms. The number of amides is 3. The van der Waals surface area contributed by atoms with E-state index in [0.29, 0.717) is 10.6 Å². The van der Waals surface area contributed by atoms with Crippen LogP contribution in [0.25, 0.3) is 0 Å². The van der Waals surface area contributed by atoms with Gasteiger partial charge in [0, 0.05) is 30.9 Å². The summed E-state index contributed by atoms with van der Waals surface area (Å²) in [6, 6.07) is 0.210. The molecule has 12 nitrogen and oxygen atoms in total. The van der Waals surface area contributed by atoms with E-state index in [1.807, 2.05) is 0 Å². The van der Waals surface area contributed by atoms with E-state index in [1.54, 1.807) is 11.8 Å². The quantitative estimate of drug-likeness (QED) is 0.223. The average molecular weight is 565 g/mol. The smallest absolute Gasteiger partial charge is 0.352 e. The Hall–Kier alpha value is -2.81. The highest BCUT2D eigenvalue weighted by molar-refractivity contribution is 7.91. The lowest BCUT2D eigenvalue weighted by Crippen LogP contribution is -2.49. The minimum absolute atomic E-state index is 0.0523. The molecule has 0 radical (unpaired) electrons. The molecule has 0 bridgehead atoms. The normalized spacial score (nSPS) is 14.6. The lowest BCUT2D eigenvalue weighted by atomic mass is 10.0. The molecule has 2 N–H and O–H groups in total. The Balaban J connectivity index is 1.86. The third-order valence-corrected chi connectivity index (χ3v) is 8.16.